The molecule has 2 aromatic rings. The van der Waals surface area contributed by atoms with Gasteiger partial charge in [-0.05, 0) is 50.8 Å². The number of para-hydroxylation sites is 1. The number of aromatic nitrogens is 2. The molecule has 36 heavy (non-hydrogen) atoms. The second-order valence-electron chi connectivity index (χ2n) is 9.91. The van der Waals surface area contributed by atoms with Crippen molar-refractivity contribution in [2.75, 3.05) is 20.3 Å². The van der Waals surface area contributed by atoms with E-state index in [9.17, 15) is 9.59 Å². The Morgan fingerprint density at radius 1 is 1.17 bits per heavy atom. The molecule has 0 bridgehead atoms. The SMILES string of the molecule is Cc1c(C2C=C(C(=O)N(C)C3CCCCC3)OC(OCCCCO)C2)c(=O)n(-c2ccccc2)n1C. The Hall–Kier alpha value is -2.84. The van der Waals surface area contributed by atoms with E-state index in [2.05, 4.69) is 0 Å². The third kappa shape index (κ3) is 5.60. The van der Waals surface area contributed by atoms with E-state index in [0.29, 0.717) is 31.4 Å². The molecule has 1 aliphatic carbocycles. The van der Waals surface area contributed by atoms with E-state index in [1.807, 2.05) is 62.1 Å². The summed E-state index contributed by atoms with van der Waals surface area (Å²) in [7, 11) is 3.72. The fourth-order valence-corrected chi connectivity index (χ4v) is 5.36. The number of amides is 1. The van der Waals surface area contributed by atoms with Crippen molar-refractivity contribution >= 4 is 5.91 Å². The maximum atomic E-state index is 13.7. The van der Waals surface area contributed by atoms with Gasteiger partial charge in [-0.25, -0.2) is 4.68 Å². The van der Waals surface area contributed by atoms with Crippen molar-refractivity contribution in [2.24, 2.45) is 7.05 Å². The molecule has 1 aliphatic heterocycles. The normalized spacial score (nSPS) is 20.6. The number of hydrogen-bond acceptors (Lipinski definition) is 5. The average Bonchev–Trinajstić information content (AvgIpc) is 3.14. The van der Waals surface area contributed by atoms with Gasteiger partial charge < -0.3 is 19.5 Å². The van der Waals surface area contributed by atoms with Crippen LogP contribution in [0.25, 0.3) is 5.69 Å². The van der Waals surface area contributed by atoms with Gasteiger partial charge >= 0.3 is 0 Å². The summed E-state index contributed by atoms with van der Waals surface area (Å²) < 4.78 is 15.6. The molecule has 1 aromatic heterocycles. The van der Waals surface area contributed by atoms with Gasteiger partial charge in [-0.2, -0.15) is 0 Å². The molecule has 1 fully saturated rings. The summed E-state index contributed by atoms with van der Waals surface area (Å²) in [6.45, 7) is 2.46. The third-order valence-electron chi connectivity index (χ3n) is 7.54. The molecule has 1 saturated carbocycles. The summed E-state index contributed by atoms with van der Waals surface area (Å²) in [5, 5.41) is 9.09. The first-order valence-electron chi connectivity index (χ1n) is 13.1. The van der Waals surface area contributed by atoms with Crippen molar-refractivity contribution in [3.05, 3.63) is 63.8 Å². The molecule has 1 amide bonds. The number of benzene rings is 1. The van der Waals surface area contributed by atoms with Gasteiger partial charge in [0, 0.05) is 50.3 Å². The molecule has 8 heteroatoms. The summed E-state index contributed by atoms with van der Waals surface area (Å²) >= 11 is 0. The molecule has 0 radical (unpaired) electrons. The third-order valence-corrected chi connectivity index (χ3v) is 7.54. The lowest BCUT2D eigenvalue weighted by Crippen LogP contribution is -2.41. The van der Waals surface area contributed by atoms with E-state index in [1.54, 1.807) is 9.58 Å². The van der Waals surface area contributed by atoms with Crippen LogP contribution in [-0.4, -0.2) is 57.9 Å². The van der Waals surface area contributed by atoms with Crippen LogP contribution in [0.3, 0.4) is 0 Å². The van der Waals surface area contributed by atoms with Gasteiger partial charge in [0.25, 0.3) is 11.5 Å². The molecule has 0 saturated heterocycles. The highest BCUT2D eigenvalue weighted by Crippen LogP contribution is 2.33. The lowest BCUT2D eigenvalue weighted by atomic mass is 9.92. The standard InChI is InChI=1S/C28H39N3O5/c1-20-26(28(34)31(30(20)3)23-14-8-5-9-15-23)21-18-24(36-25(19-21)35-17-11-10-16-32)27(33)29(2)22-12-6-4-7-13-22/h5,8-9,14-15,18,21-22,25,32H,4,6-7,10-13,16-17,19H2,1-3H3. The molecule has 2 atom stereocenters. The number of likely N-dealkylation sites (N-methyl/N-ethyl adjacent to an activating group) is 1. The van der Waals surface area contributed by atoms with E-state index in [4.69, 9.17) is 14.6 Å². The minimum Gasteiger partial charge on any atom is -0.459 e. The van der Waals surface area contributed by atoms with E-state index in [-0.39, 0.29) is 35.8 Å². The summed E-state index contributed by atoms with van der Waals surface area (Å²) in [5.41, 5.74) is 2.19. The number of carbonyl (C=O) groups is 1. The number of aliphatic hydroxyl groups excluding tert-OH is 1. The monoisotopic (exact) mass is 497 g/mol. The van der Waals surface area contributed by atoms with Crippen LogP contribution in [0.4, 0.5) is 0 Å². The molecule has 2 unspecified atom stereocenters. The first kappa shape index (κ1) is 26.2. The van der Waals surface area contributed by atoms with Crippen molar-refractivity contribution in [3.63, 3.8) is 0 Å². The Balaban J connectivity index is 1.66. The Kier molecular flexibility index (Phi) is 8.69. The predicted octanol–water partition coefficient (Wildman–Crippen LogP) is 3.78. The first-order valence-corrected chi connectivity index (χ1v) is 13.1. The summed E-state index contributed by atoms with van der Waals surface area (Å²) in [6.07, 6.45) is 8.42. The Morgan fingerprint density at radius 2 is 1.89 bits per heavy atom. The highest BCUT2D eigenvalue weighted by atomic mass is 16.7. The van der Waals surface area contributed by atoms with Gasteiger partial charge in [-0.3, -0.25) is 14.3 Å². The van der Waals surface area contributed by atoms with E-state index >= 15 is 0 Å². The molecular formula is C28H39N3O5. The van der Waals surface area contributed by atoms with Gasteiger partial charge in [0.15, 0.2) is 5.76 Å². The zero-order valence-electron chi connectivity index (χ0n) is 21.7. The summed E-state index contributed by atoms with van der Waals surface area (Å²) in [5.74, 6) is -0.225. The number of ether oxygens (including phenoxy) is 2. The fourth-order valence-electron chi connectivity index (χ4n) is 5.36. The second-order valence-corrected chi connectivity index (χ2v) is 9.91. The molecule has 2 aliphatic rings. The Morgan fingerprint density at radius 3 is 2.58 bits per heavy atom. The quantitative estimate of drug-likeness (QED) is 0.533. The summed E-state index contributed by atoms with van der Waals surface area (Å²) in [6, 6.07) is 9.76. The van der Waals surface area contributed by atoms with Crippen LogP contribution in [0.1, 0.15) is 68.5 Å². The number of allylic oxidation sites excluding steroid dienone is 1. The molecule has 1 N–H and O–H groups in total. The highest BCUT2D eigenvalue weighted by molar-refractivity contribution is 5.91. The van der Waals surface area contributed by atoms with Crippen molar-refractivity contribution in [3.8, 4) is 5.69 Å². The van der Waals surface area contributed by atoms with Crippen LogP contribution in [0.5, 0.6) is 0 Å². The van der Waals surface area contributed by atoms with Crippen LogP contribution >= 0.6 is 0 Å². The van der Waals surface area contributed by atoms with Crippen molar-refractivity contribution in [1.29, 1.82) is 0 Å². The Bertz CT molecular complexity index is 1110. The highest BCUT2D eigenvalue weighted by Gasteiger charge is 2.35. The van der Waals surface area contributed by atoms with Gasteiger partial charge in [-0.15, -0.1) is 0 Å². The molecule has 0 spiro atoms. The van der Waals surface area contributed by atoms with Gasteiger partial charge in [0.1, 0.15) is 0 Å². The number of hydrogen-bond donors (Lipinski definition) is 1. The number of nitrogens with zero attached hydrogens (tertiary/aromatic N) is 3. The van der Waals surface area contributed by atoms with E-state index < -0.39 is 6.29 Å². The Labute approximate surface area is 213 Å². The van der Waals surface area contributed by atoms with Crippen LogP contribution in [-0.2, 0) is 21.3 Å². The maximum Gasteiger partial charge on any atom is 0.288 e. The lowest BCUT2D eigenvalue weighted by molar-refractivity contribution is -0.153. The molecule has 196 valence electrons. The number of aliphatic hydroxyl groups is 1. The minimum atomic E-state index is -0.637. The average molecular weight is 498 g/mol. The molecule has 2 heterocycles. The molecular weight excluding hydrogens is 458 g/mol. The summed E-state index contributed by atoms with van der Waals surface area (Å²) in [4.78, 5) is 29.0. The van der Waals surface area contributed by atoms with Crippen LogP contribution < -0.4 is 5.56 Å². The fraction of sp³-hybridized carbons (Fsp3) is 0.571. The zero-order chi connectivity index (χ0) is 25.7. The van der Waals surface area contributed by atoms with Crippen LogP contribution in [0.2, 0.25) is 0 Å². The number of rotatable bonds is 9. The minimum absolute atomic E-state index is 0.101. The van der Waals surface area contributed by atoms with Crippen molar-refractivity contribution in [2.45, 2.75) is 76.5 Å². The maximum absolute atomic E-state index is 13.7. The van der Waals surface area contributed by atoms with Gasteiger partial charge in [-0.1, -0.05) is 37.5 Å². The largest absolute Gasteiger partial charge is 0.459 e. The topological polar surface area (TPSA) is 85.9 Å². The number of unbranched alkanes of at least 4 members (excludes halogenated alkanes) is 1. The predicted molar refractivity (Wildman–Crippen MR) is 138 cm³/mol. The molecule has 8 nitrogen and oxygen atoms in total. The van der Waals surface area contributed by atoms with E-state index in [0.717, 1.165) is 37.1 Å². The molecule has 1 aromatic carbocycles. The van der Waals surface area contributed by atoms with Crippen molar-refractivity contribution in [1.82, 2.24) is 14.3 Å². The van der Waals surface area contributed by atoms with Crippen LogP contribution in [0.15, 0.2) is 47.0 Å². The first-order chi connectivity index (χ1) is 17.4. The van der Waals surface area contributed by atoms with Gasteiger partial charge in [0.2, 0.25) is 6.29 Å². The second kappa shape index (κ2) is 11.9. The number of carbonyl (C=O) groups excluding carboxylic acids is 1. The van der Waals surface area contributed by atoms with E-state index in [1.165, 1.54) is 6.42 Å². The smallest absolute Gasteiger partial charge is 0.288 e. The molecule has 4 rings (SSSR count). The van der Waals surface area contributed by atoms with Crippen LogP contribution in [0, 0.1) is 6.92 Å². The lowest BCUT2D eigenvalue weighted by Gasteiger charge is -2.34. The van der Waals surface area contributed by atoms with Crippen molar-refractivity contribution < 1.29 is 19.4 Å². The van der Waals surface area contributed by atoms with Gasteiger partial charge in [0.05, 0.1) is 12.3 Å². The zero-order valence-corrected chi connectivity index (χ0v) is 21.7.